The van der Waals surface area contributed by atoms with Crippen LogP contribution in [0.15, 0.2) is 36.7 Å². The van der Waals surface area contributed by atoms with Crippen molar-refractivity contribution < 1.29 is 9.72 Å². The third kappa shape index (κ3) is 2.97. The average Bonchev–Trinajstić information content (AvgIpc) is 2.84. The van der Waals surface area contributed by atoms with Crippen LogP contribution in [0.1, 0.15) is 21.5 Å². The van der Waals surface area contributed by atoms with Crippen molar-refractivity contribution in [1.82, 2.24) is 9.78 Å². The summed E-state index contributed by atoms with van der Waals surface area (Å²) in [5.74, 6) is -0.193. The summed E-state index contributed by atoms with van der Waals surface area (Å²) in [5.41, 5.74) is 1.72. The van der Waals surface area contributed by atoms with Gasteiger partial charge in [0.15, 0.2) is 5.78 Å². The number of benzene rings is 1. The van der Waals surface area contributed by atoms with Gasteiger partial charge >= 0.3 is 0 Å². The van der Waals surface area contributed by atoms with E-state index in [1.54, 1.807) is 38.4 Å². The smallest absolute Gasteiger partial charge is 0.272 e. The molecule has 0 atom stereocenters. The number of carbonyl (C=O) groups is 1. The molecule has 0 unspecified atom stereocenters. The number of hydrogen-bond acceptors (Lipinski definition) is 4. The Kier molecular flexibility index (Phi) is 3.74. The maximum Gasteiger partial charge on any atom is 0.272 e. The summed E-state index contributed by atoms with van der Waals surface area (Å²) in [7, 11) is 1.73. The van der Waals surface area contributed by atoms with Crippen molar-refractivity contribution in [3.05, 3.63) is 63.5 Å². The molecule has 0 N–H and O–H groups in total. The Morgan fingerprint density at radius 3 is 2.80 bits per heavy atom. The fraction of sp³-hybridized carbons (Fsp3) is 0.143. The molecule has 2 aromatic rings. The first-order chi connectivity index (χ1) is 9.47. The quantitative estimate of drug-likeness (QED) is 0.370. The van der Waals surface area contributed by atoms with Crippen LogP contribution in [0.25, 0.3) is 6.08 Å². The molecule has 102 valence electrons. The Hall–Kier alpha value is -2.76. The number of hydrogen-bond donors (Lipinski definition) is 0. The van der Waals surface area contributed by atoms with Gasteiger partial charge in [-0.2, -0.15) is 5.10 Å². The molecule has 2 rings (SSSR count). The second-order valence-corrected chi connectivity index (χ2v) is 4.40. The van der Waals surface area contributed by atoms with Crippen LogP contribution in [0.4, 0.5) is 5.69 Å². The molecule has 0 fully saturated rings. The van der Waals surface area contributed by atoms with Gasteiger partial charge in [-0.15, -0.1) is 0 Å². The van der Waals surface area contributed by atoms with Crippen molar-refractivity contribution in [2.45, 2.75) is 6.92 Å². The summed E-state index contributed by atoms with van der Waals surface area (Å²) in [4.78, 5) is 22.2. The van der Waals surface area contributed by atoms with Gasteiger partial charge in [-0.05, 0) is 18.6 Å². The fourth-order valence-electron chi connectivity index (χ4n) is 1.74. The highest BCUT2D eigenvalue weighted by atomic mass is 16.6. The minimum atomic E-state index is -0.435. The van der Waals surface area contributed by atoms with E-state index in [1.165, 1.54) is 23.0 Å². The maximum absolute atomic E-state index is 11.8. The summed E-state index contributed by atoms with van der Waals surface area (Å²) in [6, 6.07) is 4.84. The Morgan fingerprint density at radius 1 is 1.45 bits per heavy atom. The summed E-state index contributed by atoms with van der Waals surface area (Å²) < 4.78 is 1.54. The standard InChI is InChI=1S/C14H13N3O3/c1-10-3-4-11(7-13(10)17(19)20)5-6-14(18)12-8-15-16(2)9-12/h3-9H,1-2H3. The number of nitro benzene ring substituents is 1. The van der Waals surface area contributed by atoms with Crippen molar-refractivity contribution in [3.8, 4) is 0 Å². The lowest BCUT2D eigenvalue weighted by atomic mass is 10.1. The van der Waals surface area contributed by atoms with E-state index in [9.17, 15) is 14.9 Å². The van der Waals surface area contributed by atoms with Gasteiger partial charge in [-0.3, -0.25) is 19.6 Å². The molecule has 6 nitrogen and oxygen atoms in total. The lowest BCUT2D eigenvalue weighted by Crippen LogP contribution is -1.93. The number of allylic oxidation sites excluding steroid dienone is 1. The normalized spacial score (nSPS) is 10.9. The molecule has 1 aromatic heterocycles. The molecule has 0 spiro atoms. The molecule has 0 aliphatic heterocycles. The van der Waals surface area contributed by atoms with E-state index in [4.69, 9.17) is 0 Å². The first-order valence-corrected chi connectivity index (χ1v) is 5.93. The lowest BCUT2D eigenvalue weighted by molar-refractivity contribution is -0.385. The number of ketones is 1. The molecular weight excluding hydrogens is 258 g/mol. The molecule has 0 radical (unpaired) electrons. The van der Waals surface area contributed by atoms with Crippen LogP contribution in [0, 0.1) is 17.0 Å². The molecule has 0 saturated heterocycles. The molecule has 6 heteroatoms. The molecule has 20 heavy (non-hydrogen) atoms. The number of aromatic nitrogens is 2. The first kappa shape index (κ1) is 13.7. The average molecular weight is 271 g/mol. The van der Waals surface area contributed by atoms with Crippen LogP contribution < -0.4 is 0 Å². The molecule has 0 saturated carbocycles. The molecule has 0 bridgehead atoms. The van der Waals surface area contributed by atoms with Crippen LogP contribution in [-0.2, 0) is 7.05 Å². The predicted octanol–water partition coefficient (Wildman–Crippen LogP) is 2.53. The number of nitro groups is 1. The molecule has 0 aliphatic carbocycles. The van der Waals surface area contributed by atoms with Gasteiger partial charge in [0.1, 0.15) is 0 Å². The summed E-state index contributed by atoms with van der Waals surface area (Å²) in [5, 5.41) is 14.8. The molecule has 1 heterocycles. The van der Waals surface area contributed by atoms with Crippen molar-refractivity contribution in [1.29, 1.82) is 0 Å². The zero-order valence-corrected chi connectivity index (χ0v) is 11.1. The minimum Gasteiger partial charge on any atom is -0.289 e. The van der Waals surface area contributed by atoms with E-state index in [2.05, 4.69) is 5.10 Å². The number of nitrogens with zero attached hydrogens (tertiary/aromatic N) is 3. The Labute approximate surface area is 115 Å². The van der Waals surface area contributed by atoms with E-state index >= 15 is 0 Å². The van der Waals surface area contributed by atoms with E-state index in [1.807, 2.05) is 0 Å². The SMILES string of the molecule is Cc1ccc(C=CC(=O)c2cnn(C)c2)cc1[N+](=O)[O-]. The molecule has 0 aliphatic rings. The van der Waals surface area contributed by atoms with Crippen molar-refractivity contribution in [3.63, 3.8) is 0 Å². The monoisotopic (exact) mass is 271 g/mol. The summed E-state index contributed by atoms with van der Waals surface area (Å²) in [6.45, 7) is 1.67. The zero-order valence-electron chi connectivity index (χ0n) is 11.1. The third-order valence-corrected chi connectivity index (χ3v) is 2.85. The Morgan fingerprint density at radius 2 is 2.20 bits per heavy atom. The van der Waals surface area contributed by atoms with Gasteiger partial charge < -0.3 is 0 Å². The Bertz CT molecular complexity index is 701. The number of rotatable bonds is 4. The first-order valence-electron chi connectivity index (χ1n) is 5.93. The largest absolute Gasteiger partial charge is 0.289 e. The third-order valence-electron chi connectivity index (χ3n) is 2.85. The van der Waals surface area contributed by atoms with Gasteiger partial charge in [-0.25, -0.2) is 0 Å². The number of aryl methyl sites for hydroxylation is 2. The van der Waals surface area contributed by atoms with Crippen LogP contribution in [0.2, 0.25) is 0 Å². The van der Waals surface area contributed by atoms with Gasteiger partial charge in [0.25, 0.3) is 5.69 Å². The maximum atomic E-state index is 11.8. The summed E-state index contributed by atoms with van der Waals surface area (Å²) >= 11 is 0. The molecular formula is C14H13N3O3. The second-order valence-electron chi connectivity index (χ2n) is 4.40. The van der Waals surface area contributed by atoms with Crippen molar-refractivity contribution >= 4 is 17.5 Å². The zero-order chi connectivity index (χ0) is 14.7. The highest BCUT2D eigenvalue weighted by Gasteiger charge is 2.10. The van der Waals surface area contributed by atoms with E-state index in [0.717, 1.165) is 0 Å². The van der Waals surface area contributed by atoms with Crippen LogP contribution in [0.5, 0.6) is 0 Å². The van der Waals surface area contributed by atoms with Gasteiger partial charge in [-0.1, -0.05) is 18.2 Å². The van der Waals surface area contributed by atoms with Crippen LogP contribution in [0.3, 0.4) is 0 Å². The minimum absolute atomic E-state index is 0.0426. The number of carbonyl (C=O) groups excluding carboxylic acids is 1. The highest BCUT2D eigenvalue weighted by molar-refractivity contribution is 6.06. The van der Waals surface area contributed by atoms with E-state index in [0.29, 0.717) is 16.7 Å². The van der Waals surface area contributed by atoms with Crippen molar-refractivity contribution in [2.75, 3.05) is 0 Å². The van der Waals surface area contributed by atoms with Crippen LogP contribution >= 0.6 is 0 Å². The van der Waals surface area contributed by atoms with Gasteiger partial charge in [0.05, 0.1) is 16.7 Å². The van der Waals surface area contributed by atoms with Gasteiger partial charge in [0.2, 0.25) is 0 Å². The highest BCUT2D eigenvalue weighted by Crippen LogP contribution is 2.20. The summed E-state index contributed by atoms with van der Waals surface area (Å²) in [6.07, 6.45) is 6.03. The predicted molar refractivity (Wildman–Crippen MR) is 74.4 cm³/mol. The Balaban J connectivity index is 2.21. The molecule has 1 aromatic carbocycles. The van der Waals surface area contributed by atoms with E-state index in [-0.39, 0.29) is 11.5 Å². The topological polar surface area (TPSA) is 78.0 Å². The van der Waals surface area contributed by atoms with E-state index < -0.39 is 4.92 Å². The lowest BCUT2D eigenvalue weighted by Gasteiger charge is -1.98. The van der Waals surface area contributed by atoms with Crippen LogP contribution in [-0.4, -0.2) is 20.5 Å². The second kappa shape index (κ2) is 5.48. The molecule has 0 amide bonds. The van der Waals surface area contributed by atoms with Gasteiger partial charge in [0, 0.05) is 24.9 Å². The fourth-order valence-corrected chi connectivity index (χ4v) is 1.74. The van der Waals surface area contributed by atoms with Crippen molar-refractivity contribution in [2.24, 2.45) is 7.05 Å².